The second-order valence-corrected chi connectivity index (χ2v) is 6.84. The number of fused-ring (bicyclic) bond motifs is 1. The third kappa shape index (κ3) is 3.94. The first kappa shape index (κ1) is 16.1. The van der Waals surface area contributed by atoms with Crippen LogP contribution in [0.2, 0.25) is 0 Å². The van der Waals surface area contributed by atoms with Crippen LogP contribution in [0, 0.1) is 0 Å². The van der Waals surface area contributed by atoms with Gasteiger partial charge in [-0.1, -0.05) is 29.5 Å². The van der Waals surface area contributed by atoms with Crippen LogP contribution < -0.4 is 10.2 Å². The predicted octanol–water partition coefficient (Wildman–Crippen LogP) is 4.91. The standard InChI is InChI=1S/C19H25N3S/c1-3-22(4-2)16-11-8-15(9-12-16)10-13-18-21-17-7-5-6-14-20-19(17)23-18/h8-13,20H,3-7,14H2,1-2H3. The molecule has 0 spiro atoms. The molecule has 3 nitrogen and oxygen atoms in total. The van der Waals surface area contributed by atoms with Gasteiger partial charge in [0.15, 0.2) is 0 Å². The Balaban J connectivity index is 1.70. The Kier molecular flexibility index (Phi) is 5.34. The first-order valence-electron chi connectivity index (χ1n) is 8.56. The molecule has 4 heteroatoms. The van der Waals surface area contributed by atoms with Crippen molar-refractivity contribution in [2.45, 2.75) is 33.1 Å². The molecule has 23 heavy (non-hydrogen) atoms. The second kappa shape index (κ2) is 7.64. The maximum atomic E-state index is 4.76. The number of aromatic nitrogens is 1. The summed E-state index contributed by atoms with van der Waals surface area (Å²) in [4.78, 5) is 7.12. The zero-order chi connectivity index (χ0) is 16.1. The van der Waals surface area contributed by atoms with Crippen molar-refractivity contribution in [1.29, 1.82) is 0 Å². The van der Waals surface area contributed by atoms with Crippen molar-refractivity contribution >= 4 is 34.2 Å². The van der Waals surface area contributed by atoms with Gasteiger partial charge in [0.2, 0.25) is 0 Å². The van der Waals surface area contributed by atoms with Crippen LogP contribution in [0.15, 0.2) is 24.3 Å². The van der Waals surface area contributed by atoms with Crippen LogP contribution in [0.5, 0.6) is 0 Å². The first-order valence-corrected chi connectivity index (χ1v) is 9.38. The molecule has 1 aliphatic heterocycles. The van der Waals surface area contributed by atoms with E-state index in [2.05, 4.69) is 60.5 Å². The monoisotopic (exact) mass is 327 g/mol. The molecule has 1 aliphatic rings. The molecule has 0 saturated heterocycles. The number of nitrogens with zero attached hydrogens (tertiary/aromatic N) is 2. The highest BCUT2D eigenvalue weighted by Crippen LogP contribution is 2.29. The van der Waals surface area contributed by atoms with Crippen molar-refractivity contribution in [3.8, 4) is 0 Å². The van der Waals surface area contributed by atoms with Gasteiger partial charge in [-0.3, -0.25) is 0 Å². The maximum absolute atomic E-state index is 4.76. The molecule has 2 aromatic rings. The van der Waals surface area contributed by atoms with Gasteiger partial charge in [-0.2, -0.15) is 0 Å². The molecule has 122 valence electrons. The van der Waals surface area contributed by atoms with Crippen LogP contribution in [0.1, 0.15) is 43.0 Å². The number of benzene rings is 1. The molecule has 2 heterocycles. The lowest BCUT2D eigenvalue weighted by molar-refractivity contribution is 0.774. The van der Waals surface area contributed by atoms with Gasteiger partial charge < -0.3 is 10.2 Å². The molecular formula is C19H25N3S. The van der Waals surface area contributed by atoms with E-state index < -0.39 is 0 Å². The fourth-order valence-electron chi connectivity index (χ4n) is 2.92. The molecule has 0 amide bonds. The molecule has 0 unspecified atom stereocenters. The van der Waals surface area contributed by atoms with Gasteiger partial charge in [-0.25, -0.2) is 4.98 Å². The molecular weight excluding hydrogens is 302 g/mol. The number of rotatable bonds is 5. The number of hydrogen-bond acceptors (Lipinski definition) is 4. The third-order valence-corrected chi connectivity index (χ3v) is 5.30. The third-order valence-electron chi connectivity index (χ3n) is 4.28. The van der Waals surface area contributed by atoms with Gasteiger partial charge in [0.05, 0.1) is 5.69 Å². The van der Waals surface area contributed by atoms with E-state index in [4.69, 9.17) is 4.98 Å². The maximum Gasteiger partial charge on any atom is 0.118 e. The molecule has 0 aliphatic carbocycles. The Morgan fingerprint density at radius 1 is 1.13 bits per heavy atom. The minimum absolute atomic E-state index is 1.04. The van der Waals surface area contributed by atoms with Crippen molar-refractivity contribution in [2.75, 3.05) is 29.9 Å². The Hall–Kier alpha value is -1.81. The van der Waals surface area contributed by atoms with E-state index in [1.807, 2.05) is 0 Å². The Morgan fingerprint density at radius 3 is 2.65 bits per heavy atom. The summed E-state index contributed by atoms with van der Waals surface area (Å²) in [6, 6.07) is 8.76. The minimum atomic E-state index is 1.04. The summed E-state index contributed by atoms with van der Waals surface area (Å²) < 4.78 is 0. The Morgan fingerprint density at radius 2 is 1.91 bits per heavy atom. The van der Waals surface area contributed by atoms with E-state index >= 15 is 0 Å². The van der Waals surface area contributed by atoms with Gasteiger partial charge >= 0.3 is 0 Å². The number of nitrogens with one attached hydrogen (secondary N) is 1. The molecule has 0 saturated carbocycles. The van der Waals surface area contributed by atoms with Crippen molar-refractivity contribution in [2.24, 2.45) is 0 Å². The van der Waals surface area contributed by atoms with Gasteiger partial charge in [0, 0.05) is 25.3 Å². The molecule has 3 rings (SSSR count). The molecule has 0 bridgehead atoms. The summed E-state index contributed by atoms with van der Waals surface area (Å²) >= 11 is 1.77. The summed E-state index contributed by atoms with van der Waals surface area (Å²) in [7, 11) is 0. The van der Waals surface area contributed by atoms with Crippen molar-refractivity contribution in [3.05, 3.63) is 40.5 Å². The summed E-state index contributed by atoms with van der Waals surface area (Å²) in [5, 5.41) is 5.85. The van der Waals surface area contributed by atoms with Gasteiger partial charge in [-0.15, -0.1) is 0 Å². The quantitative estimate of drug-likeness (QED) is 0.846. The fraction of sp³-hybridized carbons (Fsp3) is 0.421. The lowest BCUT2D eigenvalue weighted by Gasteiger charge is -2.20. The van der Waals surface area contributed by atoms with Crippen LogP contribution in [0.4, 0.5) is 10.7 Å². The molecule has 0 fully saturated rings. The SMILES string of the molecule is CCN(CC)c1ccc(C=Cc2nc3c(s2)NCCCC3)cc1. The minimum Gasteiger partial charge on any atom is -0.375 e. The van der Waals surface area contributed by atoms with Gasteiger partial charge in [0.1, 0.15) is 10.0 Å². The van der Waals surface area contributed by atoms with E-state index in [9.17, 15) is 0 Å². The van der Waals surface area contributed by atoms with Gasteiger partial charge in [-0.05, 0) is 56.9 Å². The molecule has 0 radical (unpaired) electrons. The summed E-state index contributed by atoms with van der Waals surface area (Å²) in [5.41, 5.74) is 3.75. The van der Waals surface area contributed by atoms with Crippen molar-refractivity contribution in [3.63, 3.8) is 0 Å². The fourth-order valence-corrected chi connectivity index (χ4v) is 3.86. The smallest absolute Gasteiger partial charge is 0.118 e. The molecule has 0 atom stereocenters. The number of aryl methyl sites for hydroxylation is 1. The second-order valence-electron chi connectivity index (χ2n) is 5.81. The topological polar surface area (TPSA) is 28.2 Å². The predicted molar refractivity (Wildman–Crippen MR) is 102 cm³/mol. The Labute approximate surface area is 143 Å². The highest BCUT2D eigenvalue weighted by Gasteiger charge is 2.12. The summed E-state index contributed by atoms with van der Waals surface area (Å²) in [6.07, 6.45) is 7.87. The van der Waals surface area contributed by atoms with E-state index in [0.717, 1.165) is 31.1 Å². The lowest BCUT2D eigenvalue weighted by atomic mass is 10.2. The van der Waals surface area contributed by atoms with Crippen LogP contribution in [-0.2, 0) is 6.42 Å². The number of thiazole rings is 1. The van der Waals surface area contributed by atoms with E-state index in [-0.39, 0.29) is 0 Å². The van der Waals surface area contributed by atoms with Crippen LogP contribution in [-0.4, -0.2) is 24.6 Å². The summed E-state index contributed by atoms with van der Waals surface area (Å²) in [6.45, 7) is 7.55. The Bertz CT molecular complexity index is 630. The molecule has 1 aromatic carbocycles. The van der Waals surface area contributed by atoms with Gasteiger partial charge in [0.25, 0.3) is 0 Å². The van der Waals surface area contributed by atoms with E-state index in [0.29, 0.717) is 0 Å². The van der Waals surface area contributed by atoms with Crippen molar-refractivity contribution in [1.82, 2.24) is 4.98 Å². The molecule has 1 aromatic heterocycles. The highest BCUT2D eigenvalue weighted by molar-refractivity contribution is 7.16. The molecule has 1 N–H and O–H groups in total. The first-order chi connectivity index (χ1) is 11.3. The van der Waals surface area contributed by atoms with Crippen molar-refractivity contribution < 1.29 is 0 Å². The number of anilines is 2. The van der Waals surface area contributed by atoms with Crippen LogP contribution in [0.25, 0.3) is 12.2 Å². The average Bonchev–Trinajstić information content (AvgIpc) is 2.84. The number of hydrogen-bond donors (Lipinski definition) is 1. The lowest BCUT2D eigenvalue weighted by Crippen LogP contribution is -2.21. The largest absolute Gasteiger partial charge is 0.375 e. The zero-order valence-corrected chi connectivity index (χ0v) is 14.8. The highest BCUT2D eigenvalue weighted by atomic mass is 32.1. The van der Waals surface area contributed by atoms with Crippen LogP contribution in [0.3, 0.4) is 0 Å². The summed E-state index contributed by atoms with van der Waals surface area (Å²) in [5.74, 6) is 0. The van der Waals surface area contributed by atoms with E-state index in [1.54, 1.807) is 11.3 Å². The van der Waals surface area contributed by atoms with Crippen LogP contribution >= 0.6 is 11.3 Å². The zero-order valence-electron chi connectivity index (χ0n) is 14.0. The normalized spacial score (nSPS) is 14.3. The average molecular weight is 327 g/mol. The van der Waals surface area contributed by atoms with E-state index in [1.165, 1.54) is 34.8 Å².